The van der Waals surface area contributed by atoms with Crippen molar-refractivity contribution in [2.24, 2.45) is 13.0 Å². The van der Waals surface area contributed by atoms with E-state index in [9.17, 15) is 19.5 Å². The van der Waals surface area contributed by atoms with Crippen molar-refractivity contribution in [3.63, 3.8) is 0 Å². The highest BCUT2D eigenvalue weighted by Gasteiger charge is 2.42. The minimum Gasteiger partial charge on any atom is -0.480 e. The number of rotatable bonds is 14. The first-order valence-corrected chi connectivity index (χ1v) is 14.9. The fraction of sp³-hybridized carbons (Fsp3) is 0.455. The lowest BCUT2D eigenvalue weighted by Gasteiger charge is -2.33. The number of aromatic nitrogens is 4. The summed E-state index contributed by atoms with van der Waals surface area (Å²) in [7, 11) is 1.48. The molecule has 1 unspecified atom stereocenters. The Kier molecular flexibility index (Phi) is 11.5. The van der Waals surface area contributed by atoms with Gasteiger partial charge in [-0.1, -0.05) is 88.4 Å². The summed E-state index contributed by atoms with van der Waals surface area (Å²) in [5.74, 6) is -0.750. The average molecular weight is 610 g/mol. The molecule has 0 aliphatic rings. The van der Waals surface area contributed by atoms with Crippen molar-refractivity contribution in [2.45, 2.75) is 65.0 Å². The molecule has 1 N–H and O–H groups in total. The van der Waals surface area contributed by atoms with Crippen LogP contribution in [0.3, 0.4) is 0 Å². The Bertz CT molecular complexity index is 1570. The maximum Gasteiger partial charge on any atom is 0.332 e. The summed E-state index contributed by atoms with van der Waals surface area (Å²) in [6.07, 6.45) is 3.17. The molecular formula is C33H44ClN5O4. The van der Waals surface area contributed by atoms with E-state index in [4.69, 9.17) is 0 Å². The summed E-state index contributed by atoms with van der Waals surface area (Å²) >= 11 is 0. The largest absolute Gasteiger partial charge is 0.480 e. The second-order valence-corrected chi connectivity index (χ2v) is 11.4. The third kappa shape index (κ3) is 6.78. The second kappa shape index (κ2) is 14.7. The molecule has 0 bridgehead atoms. The molecule has 0 saturated carbocycles. The summed E-state index contributed by atoms with van der Waals surface area (Å²) < 4.78 is 4.72. The molecule has 10 heteroatoms. The number of carboxylic acid groups (broad SMARTS) is 1. The van der Waals surface area contributed by atoms with Gasteiger partial charge in [0.1, 0.15) is 11.1 Å². The molecule has 4 aromatic rings. The standard InChI is InChI=1S/C33H43N5O4.ClH/c1-6-36(7-2)21-19-27(38-23-34-28-29(38)37(22-24(3)4)32(42)35(5)30(28)39)18-20-33(31(40)41,25-14-10-8-11-15-25)26-16-12-9-13-17-26;/h8-17,23-24,27H,6-7,18-22H2,1-5H3,(H,40,41);1H. The normalized spacial score (nSPS) is 12.5. The Morgan fingerprint density at radius 3 is 2.00 bits per heavy atom. The van der Waals surface area contributed by atoms with E-state index in [0.717, 1.165) is 24.2 Å². The van der Waals surface area contributed by atoms with Crippen LogP contribution in [0.5, 0.6) is 0 Å². The SMILES string of the molecule is CCN(CC)CCC(CCC(C(=O)O)(c1ccccc1)c1ccccc1)n1cnc2c(=O)n(C)c(=O)n(CC(C)C)c21.Cl. The van der Waals surface area contributed by atoms with Crippen molar-refractivity contribution in [3.05, 3.63) is 99.0 Å². The van der Waals surface area contributed by atoms with E-state index in [-0.39, 0.29) is 35.6 Å². The van der Waals surface area contributed by atoms with Crippen LogP contribution >= 0.6 is 12.4 Å². The van der Waals surface area contributed by atoms with E-state index in [1.165, 1.54) is 7.05 Å². The summed E-state index contributed by atoms with van der Waals surface area (Å²) in [6.45, 7) is 11.3. The molecule has 9 nitrogen and oxygen atoms in total. The van der Waals surface area contributed by atoms with Crippen molar-refractivity contribution in [1.29, 1.82) is 0 Å². The molecule has 0 saturated heterocycles. The molecule has 0 aliphatic carbocycles. The van der Waals surface area contributed by atoms with Crippen molar-refractivity contribution < 1.29 is 9.90 Å². The maximum absolute atomic E-state index is 13.3. The number of hydrogen-bond donors (Lipinski definition) is 1. The van der Waals surface area contributed by atoms with Gasteiger partial charge in [-0.25, -0.2) is 9.78 Å². The summed E-state index contributed by atoms with van der Waals surface area (Å²) in [4.78, 5) is 46.6. The van der Waals surface area contributed by atoms with Gasteiger partial charge in [-0.15, -0.1) is 12.4 Å². The van der Waals surface area contributed by atoms with E-state index in [1.54, 1.807) is 10.9 Å². The zero-order valence-corrected chi connectivity index (χ0v) is 26.6. The summed E-state index contributed by atoms with van der Waals surface area (Å²) in [6, 6.07) is 18.6. The fourth-order valence-corrected chi connectivity index (χ4v) is 6.02. The van der Waals surface area contributed by atoms with E-state index < -0.39 is 16.9 Å². The van der Waals surface area contributed by atoms with E-state index in [2.05, 4.69) is 23.7 Å². The number of hydrogen-bond acceptors (Lipinski definition) is 5. The van der Waals surface area contributed by atoms with Crippen molar-refractivity contribution in [2.75, 3.05) is 19.6 Å². The first-order valence-electron chi connectivity index (χ1n) is 14.9. The molecule has 0 aliphatic heterocycles. The molecule has 2 heterocycles. The van der Waals surface area contributed by atoms with Crippen LogP contribution in [0.2, 0.25) is 0 Å². The number of nitrogens with zero attached hydrogens (tertiary/aromatic N) is 5. The number of carbonyl (C=O) groups is 1. The summed E-state index contributed by atoms with van der Waals surface area (Å²) in [5.41, 5.74) is 0.103. The molecule has 0 amide bonds. The first kappa shape index (κ1) is 33.8. The van der Waals surface area contributed by atoms with Gasteiger partial charge in [-0.3, -0.25) is 18.7 Å². The number of benzene rings is 2. The Morgan fingerprint density at radius 2 is 1.51 bits per heavy atom. The van der Waals surface area contributed by atoms with Crippen molar-refractivity contribution in [1.82, 2.24) is 23.6 Å². The smallest absolute Gasteiger partial charge is 0.332 e. The van der Waals surface area contributed by atoms with E-state index in [1.807, 2.05) is 79.1 Å². The number of imidazole rings is 1. The van der Waals surface area contributed by atoms with E-state index >= 15 is 0 Å². The molecule has 232 valence electrons. The van der Waals surface area contributed by atoms with Crippen LogP contribution < -0.4 is 11.2 Å². The van der Waals surface area contributed by atoms with Gasteiger partial charge >= 0.3 is 11.7 Å². The molecule has 43 heavy (non-hydrogen) atoms. The third-order valence-corrected chi connectivity index (χ3v) is 8.41. The predicted octanol–water partition coefficient (Wildman–Crippen LogP) is 5.10. The quantitative estimate of drug-likeness (QED) is 0.213. The molecule has 1 atom stereocenters. The number of halogens is 1. The van der Waals surface area contributed by atoms with Gasteiger partial charge in [0, 0.05) is 26.2 Å². The molecule has 2 aromatic carbocycles. The highest BCUT2D eigenvalue weighted by atomic mass is 35.5. The average Bonchev–Trinajstić information content (AvgIpc) is 3.43. The summed E-state index contributed by atoms with van der Waals surface area (Å²) in [5, 5.41) is 10.9. The van der Waals surface area contributed by atoms with Gasteiger partial charge in [0.05, 0.1) is 6.33 Å². The lowest BCUT2D eigenvalue weighted by Crippen LogP contribution is -2.40. The minimum atomic E-state index is -1.28. The molecule has 4 rings (SSSR count). The van der Waals surface area contributed by atoms with Crippen LogP contribution in [0.25, 0.3) is 11.2 Å². The number of aliphatic carboxylic acids is 1. The number of fused-ring (bicyclic) bond motifs is 1. The van der Waals surface area contributed by atoms with Crippen LogP contribution in [-0.4, -0.2) is 54.3 Å². The maximum atomic E-state index is 13.3. The van der Waals surface area contributed by atoms with E-state index in [0.29, 0.717) is 42.6 Å². The topological polar surface area (TPSA) is 102 Å². The number of carboxylic acids is 1. The van der Waals surface area contributed by atoms with Crippen LogP contribution in [0, 0.1) is 5.92 Å². The molecule has 0 fully saturated rings. The van der Waals surface area contributed by atoms with Crippen LogP contribution in [0.4, 0.5) is 0 Å². The van der Waals surface area contributed by atoms with Crippen molar-refractivity contribution >= 4 is 29.5 Å². The lowest BCUT2D eigenvalue weighted by molar-refractivity contribution is -0.142. The van der Waals surface area contributed by atoms with Gasteiger partial charge in [0.15, 0.2) is 5.52 Å². The predicted molar refractivity (Wildman–Crippen MR) is 173 cm³/mol. The molecule has 0 radical (unpaired) electrons. The van der Waals surface area contributed by atoms with Crippen molar-refractivity contribution in [3.8, 4) is 0 Å². The first-order chi connectivity index (χ1) is 20.1. The lowest BCUT2D eigenvalue weighted by atomic mass is 9.70. The zero-order chi connectivity index (χ0) is 30.4. The van der Waals surface area contributed by atoms with Crippen LogP contribution in [-0.2, 0) is 23.8 Å². The highest BCUT2D eigenvalue weighted by Crippen LogP contribution is 2.40. The van der Waals surface area contributed by atoms with Gasteiger partial charge < -0.3 is 14.6 Å². The van der Waals surface area contributed by atoms with Gasteiger partial charge in [-0.2, -0.15) is 0 Å². The van der Waals surface area contributed by atoms with Crippen LogP contribution in [0.15, 0.2) is 76.6 Å². The minimum absolute atomic E-state index is 0. The Morgan fingerprint density at radius 1 is 0.953 bits per heavy atom. The second-order valence-electron chi connectivity index (χ2n) is 11.4. The van der Waals surface area contributed by atoms with Crippen LogP contribution in [0.1, 0.15) is 64.1 Å². The highest BCUT2D eigenvalue weighted by molar-refractivity contribution is 5.86. The monoisotopic (exact) mass is 609 g/mol. The fourth-order valence-electron chi connectivity index (χ4n) is 6.02. The Balaban J connectivity index is 0.00000506. The zero-order valence-electron chi connectivity index (χ0n) is 25.8. The third-order valence-electron chi connectivity index (χ3n) is 8.41. The van der Waals surface area contributed by atoms with Gasteiger partial charge in [0.2, 0.25) is 0 Å². The van der Waals surface area contributed by atoms with Gasteiger partial charge in [0.25, 0.3) is 5.56 Å². The Labute approximate surface area is 259 Å². The molecular weight excluding hydrogens is 566 g/mol. The molecule has 2 aromatic heterocycles. The Hall–Kier alpha value is -3.69. The molecule has 0 spiro atoms. The van der Waals surface area contributed by atoms with Gasteiger partial charge in [-0.05, 0) is 49.4 Å².